The molecule has 0 aromatic rings. The monoisotopic (exact) mass is 226 g/mol. The molecule has 1 heterocycles. The number of nitrogens with zero attached hydrogens (tertiary/aromatic N) is 1. The number of likely N-dealkylation sites (tertiary alicyclic amines) is 1. The van der Waals surface area contributed by atoms with Crippen molar-refractivity contribution in [2.24, 2.45) is 17.6 Å². The molecule has 0 aromatic heterocycles. The number of carbonyl (C=O) groups is 1. The van der Waals surface area contributed by atoms with Gasteiger partial charge < -0.3 is 10.6 Å². The van der Waals surface area contributed by atoms with Crippen LogP contribution in [0, 0.1) is 11.8 Å². The van der Waals surface area contributed by atoms with Crippen molar-refractivity contribution in [3.05, 3.63) is 0 Å². The lowest BCUT2D eigenvalue weighted by Gasteiger charge is -2.40. The topological polar surface area (TPSA) is 46.3 Å². The third-order valence-electron chi connectivity index (χ3n) is 3.42. The highest BCUT2D eigenvalue weighted by atomic mass is 16.2. The van der Waals surface area contributed by atoms with E-state index >= 15 is 0 Å². The summed E-state index contributed by atoms with van der Waals surface area (Å²) in [6.07, 6.45) is 2.96. The molecule has 0 spiro atoms. The molecule has 1 aliphatic rings. The van der Waals surface area contributed by atoms with Crippen molar-refractivity contribution in [1.82, 2.24) is 4.90 Å². The predicted molar refractivity (Wildman–Crippen MR) is 67.0 cm³/mol. The first kappa shape index (κ1) is 13.5. The van der Waals surface area contributed by atoms with E-state index in [2.05, 4.69) is 27.7 Å². The van der Waals surface area contributed by atoms with Crippen LogP contribution in [0.25, 0.3) is 0 Å². The molecule has 0 aromatic carbocycles. The Kier molecular flexibility index (Phi) is 4.78. The van der Waals surface area contributed by atoms with Gasteiger partial charge in [-0.3, -0.25) is 4.79 Å². The Morgan fingerprint density at radius 3 is 2.62 bits per heavy atom. The van der Waals surface area contributed by atoms with Gasteiger partial charge in [0.15, 0.2) is 0 Å². The lowest BCUT2D eigenvalue weighted by molar-refractivity contribution is -0.139. The Bertz CT molecular complexity index is 240. The van der Waals surface area contributed by atoms with Gasteiger partial charge in [0.05, 0.1) is 6.04 Å². The third-order valence-corrected chi connectivity index (χ3v) is 3.42. The van der Waals surface area contributed by atoms with Crippen LogP contribution >= 0.6 is 0 Å². The maximum Gasteiger partial charge on any atom is 0.239 e. The molecule has 1 rings (SSSR count). The van der Waals surface area contributed by atoms with E-state index in [0.29, 0.717) is 17.9 Å². The van der Waals surface area contributed by atoms with Crippen molar-refractivity contribution < 1.29 is 4.79 Å². The van der Waals surface area contributed by atoms with Crippen LogP contribution in [-0.2, 0) is 4.79 Å². The molecule has 0 radical (unpaired) electrons. The number of hydrogen-bond donors (Lipinski definition) is 1. The molecule has 3 heteroatoms. The van der Waals surface area contributed by atoms with Crippen molar-refractivity contribution in [3.63, 3.8) is 0 Å². The smallest absolute Gasteiger partial charge is 0.239 e. The lowest BCUT2D eigenvalue weighted by atomic mass is 9.91. The lowest BCUT2D eigenvalue weighted by Crippen LogP contribution is -2.55. The molecule has 94 valence electrons. The van der Waals surface area contributed by atoms with E-state index in [9.17, 15) is 4.79 Å². The van der Waals surface area contributed by atoms with Gasteiger partial charge in [0.25, 0.3) is 0 Å². The van der Waals surface area contributed by atoms with Crippen LogP contribution in [0.2, 0.25) is 0 Å². The number of piperidine rings is 1. The van der Waals surface area contributed by atoms with E-state index < -0.39 is 0 Å². The van der Waals surface area contributed by atoms with Crippen molar-refractivity contribution in [2.45, 2.75) is 59.0 Å². The van der Waals surface area contributed by atoms with Crippen LogP contribution in [0.5, 0.6) is 0 Å². The van der Waals surface area contributed by atoms with Crippen molar-refractivity contribution in [3.8, 4) is 0 Å². The van der Waals surface area contributed by atoms with E-state index in [1.54, 1.807) is 0 Å². The Balaban J connectivity index is 2.70. The van der Waals surface area contributed by atoms with Gasteiger partial charge in [0, 0.05) is 12.6 Å². The minimum atomic E-state index is -0.273. The summed E-state index contributed by atoms with van der Waals surface area (Å²) in [7, 11) is 0. The number of carbonyl (C=O) groups excluding carboxylic acids is 1. The minimum Gasteiger partial charge on any atom is -0.338 e. The SMILES string of the molecule is CCC(CC(C)C)N1CC(C)CC(N)C1=O. The zero-order valence-electron chi connectivity index (χ0n) is 11.1. The number of amides is 1. The zero-order chi connectivity index (χ0) is 12.3. The van der Waals surface area contributed by atoms with Crippen molar-refractivity contribution in [1.29, 1.82) is 0 Å². The molecule has 3 nitrogen and oxygen atoms in total. The summed E-state index contributed by atoms with van der Waals surface area (Å²) in [5.74, 6) is 1.32. The maximum absolute atomic E-state index is 12.1. The molecule has 16 heavy (non-hydrogen) atoms. The minimum absolute atomic E-state index is 0.158. The Labute approximate surface area is 99.4 Å². The van der Waals surface area contributed by atoms with E-state index in [0.717, 1.165) is 25.8 Å². The van der Waals surface area contributed by atoms with E-state index in [-0.39, 0.29) is 11.9 Å². The fraction of sp³-hybridized carbons (Fsp3) is 0.923. The summed E-state index contributed by atoms with van der Waals surface area (Å²) in [5, 5.41) is 0. The summed E-state index contributed by atoms with van der Waals surface area (Å²) in [6, 6.07) is 0.103. The normalized spacial score (nSPS) is 28.6. The summed E-state index contributed by atoms with van der Waals surface area (Å²) in [6.45, 7) is 9.64. The van der Waals surface area contributed by atoms with Gasteiger partial charge >= 0.3 is 0 Å². The van der Waals surface area contributed by atoms with Gasteiger partial charge in [-0.2, -0.15) is 0 Å². The summed E-state index contributed by atoms with van der Waals surface area (Å²) >= 11 is 0. The van der Waals surface area contributed by atoms with Crippen molar-refractivity contribution >= 4 is 5.91 Å². The van der Waals surface area contributed by atoms with Gasteiger partial charge in [-0.05, 0) is 31.1 Å². The first-order valence-electron chi connectivity index (χ1n) is 6.51. The standard InChI is InChI=1S/C13H26N2O/c1-5-11(6-9(2)3)15-8-10(4)7-12(14)13(15)16/h9-12H,5-8,14H2,1-4H3. The fourth-order valence-corrected chi connectivity index (χ4v) is 2.64. The maximum atomic E-state index is 12.1. The second-order valence-electron chi connectivity index (χ2n) is 5.63. The molecular formula is C13H26N2O. The van der Waals surface area contributed by atoms with Crippen molar-refractivity contribution in [2.75, 3.05) is 6.54 Å². The van der Waals surface area contributed by atoms with Gasteiger partial charge in [-0.1, -0.05) is 27.7 Å². The molecule has 3 unspecified atom stereocenters. The average Bonchev–Trinajstić information content (AvgIpc) is 2.20. The molecule has 0 saturated carbocycles. The highest BCUT2D eigenvalue weighted by molar-refractivity contribution is 5.82. The molecule has 0 bridgehead atoms. The first-order valence-corrected chi connectivity index (χ1v) is 6.51. The van der Waals surface area contributed by atoms with Crippen LogP contribution in [0.4, 0.5) is 0 Å². The molecule has 1 aliphatic heterocycles. The van der Waals surface area contributed by atoms with E-state index in [1.807, 2.05) is 4.90 Å². The molecule has 3 atom stereocenters. The predicted octanol–water partition coefficient (Wildman–Crippen LogP) is 2.01. The quantitative estimate of drug-likeness (QED) is 0.797. The van der Waals surface area contributed by atoms with Gasteiger partial charge in [0.1, 0.15) is 0 Å². The number of nitrogens with two attached hydrogens (primary N) is 1. The van der Waals surface area contributed by atoms with E-state index in [4.69, 9.17) is 5.73 Å². The van der Waals surface area contributed by atoms with Gasteiger partial charge in [-0.25, -0.2) is 0 Å². The van der Waals surface area contributed by atoms with E-state index in [1.165, 1.54) is 0 Å². The van der Waals surface area contributed by atoms with Crippen LogP contribution in [0.3, 0.4) is 0 Å². The number of rotatable bonds is 4. The van der Waals surface area contributed by atoms with Crippen LogP contribution in [0.15, 0.2) is 0 Å². The second kappa shape index (κ2) is 5.67. The Morgan fingerprint density at radius 1 is 1.50 bits per heavy atom. The molecule has 2 N–H and O–H groups in total. The van der Waals surface area contributed by atoms with Gasteiger partial charge in [-0.15, -0.1) is 0 Å². The Hall–Kier alpha value is -0.570. The molecule has 1 amide bonds. The molecular weight excluding hydrogens is 200 g/mol. The molecule has 1 fully saturated rings. The largest absolute Gasteiger partial charge is 0.338 e. The summed E-state index contributed by atoms with van der Waals surface area (Å²) < 4.78 is 0. The van der Waals surface area contributed by atoms with Crippen LogP contribution in [0.1, 0.15) is 47.0 Å². The third kappa shape index (κ3) is 3.21. The number of hydrogen-bond acceptors (Lipinski definition) is 2. The molecule has 0 aliphatic carbocycles. The average molecular weight is 226 g/mol. The van der Waals surface area contributed by atoms with Crippen LogP contribution < -0.4 is 5.73 Å². The fourth-order valence-electron chi connectivity index (χ4n) is 2.64. The molecule has 1 saturated heterocycles. The van der Waals surface area contributed by atoms with Crippen LogP contribution in [-0.4, -0.2) is 29.4 Å². The summed E-state index contributed by atoms with van der Waals surface area (Å²) in [5.41, 5.74) is 5.89. The second-order valence-corrected chi connectivity index (χ2v) is 5.63. The first-order chi connectivity index (χ1) is 7.45. The summed E-state index contributed by atoms with van der Waals surface area (Å²) in [4.78, 5) is 14.1. The van der Waals surface area contributed by atoms with Gasteiger partial charge in [0.2, 0.25) is 5.91 Å². The highest BCUT2D eigenvalue weighted by Crippen LogP contribution is 2.23. The zero-order valence-corrected chi connectivity index (χ0v) is 11.1. The Morgan fingerprint density at radius 2 is 2.12 bits per heavy atom. The highest BCUT2D eigenvalue weighted by Gasteiger charge is 2.33.